The molecule has 0 aliphatic heterocycles. The third kappa shape index (κ3) is 3.73. The summed E-state index contributed by atoms with van der Waals surface area (Å²) in [4.78, 5) is 0. The highest BCUT2D eigenvalue weighted by molar-refractivity contribution is 6.64. The van der Waals surface area contributed by atoms with E-state index in [4.69, 9.17) is 19.0 Å². The monoisotopic (exact) mass is 281 g/mol. The third-order valence-corrected chi connectivity index (χ3v) is 6.75. The van der Waals surface area contributed by atoms with Crippen LogP contribution in [0.3, 0.4) is 0 Å². The topological polar surface area (TPSA) is 94.2 Å². The average molecular weight is 281 g/mol. The van der Waals surface area contributed by atoms with Crippen molar-refractivity contribution in [2.24, 2.45) is 5.73 Å². The number of rotatable bonds is 11. The highest BCUT2D eigenvalue weighted by Gasteiger charge is 2.60. The van der Waals surface area contributed by atoms with E-state index in [1.54, 1.807) is 0 Å². The second-order valence-corrected chi connectivity index (χ2v) is 7.03. The van der Waals surface area contributed by atoms with Crippen molar-refractivity contribution in [3.05, 3.63) is 0 Å². The van der Waals surface area contributed by atoms with Crippen LogP contribution in [0.15, 0.2) is 0 Å². The molecular formula is C11H27NO5Si. The molecule has 0 aromatic carbocycles. The molecule has 0 aliphatic carbocycles. The van der Waals surface area contributed by atoms with Crippen LogP contribution in [0.5, 0.6) is 0 Å². The Kier molecular flexibility index (Phi) is 8.96. The maximum absolute atomic E-state index is 9.70. The highest BCUT2D eigenvalue weighted by atomic mass is 28.4. The Labute approximate surface area is 110 Å². The van der Waals surface area contributed by atoms with Crippen molar-refractivity contribution in [2.75, 3.05) is 39.6 Å². The van der Waals surface area contributed by atoms with Gasteiger partial charge in [0.15, 0.2) is 0 Å². The van der Waals surface area contributed by atoms with Crippen LogP contribution in [-0.2, 0) is 13.3 Å². The summed E-state index contributed by atoms with van der Waals surface area (Å²) in [6, 6.07) is 0. The minimum Gasteiger partial charge on any atom is -0.396 e. The number of aliphatic hydroxyl groups is 2. The SMILES string of the molecule is CCO[Si](OCC)(OCC)C(CO)(CO)CCN. The van der Waals surface area contributed by atoms with Crippen molar-refractivity contribution in [1.29, 1.82) is 0 Å². The first kappa shape index (κ1) is 18.0. The van der Waals surface area contributed by atoms with Gasteiger partial charge in [-0.25, -0.2) is 0 Å². The van der Waals surface area contributed by atoms with Crippen molar-refractivity contribution >= 4 is 8.80 Å². The second kappa shape index (κ2) is 8.97. The van der Waals surface area contributed by atoms with E-state index in [9.17, 15) is 10.2 Å². The van der Waals surface area contributed by atoms with Crippen LogP contribution in [0.4, 0.5) is 0 Å². The van der Waals surface area contributed by atoms with Gasteiger partial charge in [-0.1, -0.05) is 0 Å². The number of hydrogen-bond acceptors (Lipinski definition) is 6. The Balaban J connectivity index is 5.40. The summed E-state index contributed by atoms with van der Waals surface area (Å²) < 4.78 is 17.2. The molecule has 0 atom stereocenters. The third-order valence-electron chi connectivity index (χ3n) is 2.88. The van der Waals surface area contributed by atoms with Crippen LogP contribution < -0.4 is 5.73 Å². The Bertz CT molecular complexity index is 197. The molecule has 0 unspecified atom stereocenters. The van der Waals surface area contributed by atoms with Crippen LogP contribution in [-0.4, -0.2) is 58.6 Å². The molecule has 6 nitrogen and oxygen atoms in total. The summed E-state index contributed by atoms with van der Waals surface area (Å²) in [7, 11) is -3.18. The zero-order valence-electron chi connectivity index (χ0n) is 11.6. The summed E-state index contributed by atoms with van der Waals surface area (Å²) in [5.74, 6) is 0. The molecule has 0 spiro atoms. The summed E-state index contributed by atoms with van der Waals surface area (Å²) >= 11 is 0. The first-order chi connectivity index (χ1) is 8.61. The molecule has 18 heavy (non-hydrogen) atoms. The molecule has 0 aromatic heterocycles. The van der Waals surface area contributed by atoms with Crippen molar-refractivity contribution in [3.63, 3.8) is 0 Å². The molecule has 7 heteroatoms. The van der Waals surface area contributed by atoms with E-state index >= 15 is 0 Å². The smallest absolute Gasteiger partial charge is 0.396 e. The van der Waals surface area contributed by atoms with E-state index in [1.807, 2.05) is 20.8 Å². The van der Waals surface area contributed by atoms with Gasteiger partial charge in [-0.2, -0.15) is 0 Å². The summed E-state index contributed by atoms with van der Waals surface area (Å²) in [6.45, 7) is 6.49. The summed E-state index contributed by atoms with van der Waals surface area (Å²) in [5.41, 5.74) is 5.58. The summed E-state index contributed by atoms with van der Waals surface area (Å²) in [6.07, 6.45) is 0.395. The fraction of sp³-hybridized carbons (Fsp3) is 1.00. The van der Waals surface area contributed by atoms with Gasteiger partial charge in [-0.05, 0) is 33.7 Å². The van der Waals surface area contributed by atoms with Gasteiger partial charge in [-0.15, -0.1) is 0 Å². The molecule has 4 N–H and O–H groups in total. The average Bonchev–Trinajstić information content (AvgIpc) is 2.37. The normalized spacial score (nSPS) is 13.0. The van der Waals surface area contributed by atoms with Crippen molar-refractivity contribution in [3.8, 4) is 0 Å². The molecule has 0 aromatic rings. The minimum absolute atomic E-state index is 0.271. The number of nitrogens with two attached hydrogens (primary N) is 1. The van der Waals surface area contributed by atoms with Crippen LogP contribution in [0, 0.1) is 0 Å². The Morgan fingerprint density at radius 1 is 0.944 bits per heavy atom. The van der Waals surface area contributed by atoms with Gasteiger partial charge in [0.05, 0.1) is 18.3 Å². The van der Waals surface area contributed by atoms with E-state index in [1.165, 1.54) is 0 Å². The molecule has 0 saturated heterocycles. The maximum atomic E-state index is 9.70. The van der Waals surface area contributed by atoms with Crippen molar-refractivity contribution in [2.45, 2.75) is 32.2 Å². The Hall–Kier alpha value is -0.0231. The highest BCUT2D eigenvalue weighted by Crippen LogP contribution is 2.42. The first-order valence-corrected chi connectivity index (χ1v) is 8.18. The van der Waals surface area contributed by atoms with Gasteiger partial charge < -0.3 is 29.2 Å². The predicted molar refractivity (Wildman–Crippen MR) is 71.2 cm³/mol. The molecule has 0 heterocycles. The van der Waals surface area contributed by atoms with Crippen molar-refractivity contribution in [1.82, 2.24) is 0 Å². The molecule has 0 fully saturated rings. The standard InChI is InChI=1S/C11H27NO5Si/c1-4-15-18(16-5-2,17-6-3)11(9-13,10-14)7-8-12/h13-14H,4-10,12H2,1-3H3. The predicted octanol–water partition coefficient (Wildman–Crippen LogP) is 0.109. The molecule has 0 aliphatic rings. The Morgan fingerprint density at radius 3 is 1.56 bits per heavy atom. The van der Waals surface area contributed by atoms with Gasteiger partial charge in [0.25, 0.3) is 0 Å². The first-order valence-electron chi connectivity index (χ1n) is 6.45. The molecular weight excluding hydrogens is 254 g/mol. The van der Waals surface area contributed by atoms with Crippen LogP contribution in [0.2, 0.25) is 5.04 Å². The largest absolute Gasteiger partial charge is 0.512 e. The van der Waals surface area contributed by atoms with Gasteiger partial charge >= 0.3 is 8.80 Å². The van der Waals surface area contributed by atoms with E-state index in [-0.39, 0.29) is 13.2 Å². The quantitative estimate of drug-likeness (QED) is 0.465. The molecule has 0 radical (unpaired) electrons. The van der Waals surface area contributed by atoms with E-state index in [0.29, 0.717) is 32.8 Å². The number of hydrogen-bond donors (Lipinski definition) is 3. The lowest BCUT2D eigenvalue weighted by Crippen LogP contribution is -2.60. The fourth-order valence-corrected chi connectivity index (χ4v) is 5.13. The zero-order valence-corrected chi connectivity index (χ0v) is 12.6. The lowest BCUT2D eigenvalue weighted by atomic mass is 10.1. The van der Waals surface area contributed by atoms with Gasteiger partial charge in [0.1, 0.15) is 0 Å². The van der Waals surface area contributed by atoms with Crippen LogP contribution in [0.1, 0.15) is 27.2 Å². The fourth-order valence-electron chi connectivity index (χ4n) is 1.99. The van der Waals surface area contributed by atoms with Crippen LogP contribution >= 0.6 is 0 Å². The molecule has 0 saturated carbocycles. The molecule has 0 bridgehead atoms. The molecule has 0 amide bonds. The summed E-state index contributed by atoms with van der Waals surface area (Å²) in [5, 5.41) is 18.5. The lowest BCUT2D eigenvalue weighted by Gasteiger charge is -2.43. The van der Waals surface area contributed by atoms with Gasteiger partial charge in [0.2, 0.25) is 0 Å². The maximum Gasteiger partial charge on any atom is 0.512 e. The van der Waals surface area contributed by atoms with Crippen molar-refractivity contribution < 1.29 is 23.5 Å². The lowest BCUT2D eigenvalue weighted by molar-refractivity contribution is 0.00983. The zero-order chi connectivity index (χ0) is 14.1. The minimum atomic E-state index is -3.18. The van der Waals surface area contributed by atoms with Gasteiger partial charge in [0, 0.05) is 19.8 Å². The van der Waals surface area contributed by atoms with E-state index < -0.39 is 13.8 Å². The Morgan fingerprint density at radius 2 is 1.33 bits per heavy atom. The van der Waals surface area contributed by atoms with E-state index in [0.717, 1.165) is 0 Å². The molecule has 0 rings (SSSR count). The number of aliphatic hydroxyl groups excluding tert-OH is 2. The molecule has 110 valence electrons. The second-order valence-electron chi connectivity index (χ2n) is 3.99. The van der Waals surface area contributed by atoms with Crippen LogP contribution in [0.25, 0.3) is 0 Å². The van der Waals surface area contributed by atoms with Gasteiger partial charge in [-0.3, -0.25) is 0 Å². The van der Waals surface area contributed by atoms with E-state index in [2.05, 4.69) is 0 Å².